The summed E-state index contributed by atoms with van der Waals surface area (Å²) >= 11 is 6.87. The Morgan fingerprint density at radius 3 is 2.56 bits per heavy atom. The minimum atomic E-state index is -0.306. The van der Waals surface area contributed by atoms with E-state index in [9.17, 15) is 9.59 Å². The van der Waals surface area contributed by atoms with Crippen LogP contribution < -0.4 is 4.90 Å². The van der Waals surface area contributed by atoms with Crippen LogP contribution >= 0.6 is 23.4 Å². The highest BCUT2D eigenvalue weighted by molar-refractivity contribution is 8.19. The fourth-order valence-corrected chi connectivity index (χ4v) is 4.20. The molecule has 0 N–H and O–H groups in total. The summed E-state index contributed by atoms with van der Waals surface area (Å²) in [4.78, 5) is 26.9. The molecular formula is C21H17ClN2O2S. The lowest BCUT2D eigenvalue weighted by Gasteiger charge is -2.12. The Kier molecular flexibility index (Phi) is 4.81. The molecule has 1 saturated heterocycles. The minimum Gasteiger partial charge on any atom is -0.347 e. The molecule has 2 heterocycles. The molecule has 0 aliphatic carbocycles. The van der Waals surface area contributed by atoms with E-state index in [0.29, 0.717) is 15.6 Å². The maximum absolute atomic E-state index is 12.9. The largest absolute Gasteiger partial charge is 0.347 e. The molecule has 1 aliphatic rings. The van der Waals surface area contributed by atoms with E-state index in [1.54, 1.807) is 24.3 Å². The first-order chi connectivity index (χ1) is 13.1. The van der Waals surface area contributed by atoms with Crippen LogP contribution in [0.15, 0.2) is 59.6 Å². The number of carbonyl (C=O) groups is 2. The van der Waals surface area contributed by atoms with Crippen molar-refractivity contribution in [3.8, 4) is 0 Å². The van der Waals surface area contributed by atoms with E-state index in [0.717, 1.165) is 41.2 Å². The lowest BCUT2D eigenvalue weighted by molar-refractivity contribution is -0.113. The number of aromatic nitrogens is 1. The molecule has 1 fully saturated rings. The van der Waals surface area contributed by atoms with Crippen LogP contribution in [0.4, 0.5) is 10.5 Å². The zero-order chi connectivity index (χ0) is 19.0. The normalized spacial score (nSPS) is 16.1. The molecule has 1 aromatic heterocycles. The van der Waals surface area contributed by atoms with E-state index >= 15 is 0 Å². The molecule has 0 atom stereocenters. The van der Waals surface area contributed by atoms with Crippen molar-refractivity contribution in [2.24, 2.45) is 0 Å². The first kappa shape index (κ1) is 17.9. The topological polar surface area (TPSA) is 42.3 Å². The smallest absolute Gasteiger partial charge is 0.298 e. The second-order valence-electron chi connectivity index (χ2n) is 6.29. The molecule has 27 heavy (non-hydrogen) atoms. The van der Waals surface area contributed by atoms with Crippen molar-refractivity contribution >= 4 is 57.2 Å². The number of hydrogen-bond donors (Lipinski definition) is 0. The summed E-state index contributed by atoms with van der Waals surface area (Å²) in [7, 11) is 0. The number of rotatable bonds is 4. The van der Waals surface area contributed by atoms with Gasteiger partial charge in [0.15, 0.2) is 0 Å². The van der Waals surface area contributed by atoms with Crippen LogP contribution in [0.2, 0.25) is 5.02 Å². The number of benzene rings is 2. The molecule has 136 valence electrons. The van der Waals surface area contributed by atoms with Gasteiger partial charge in [-0.05, 0) is 54.6 Å². The van der Waals surface area contributed by atoms with E-state index in [-0.39, 0.29) is 11.1 Å². The Labute approximate surface area is 166 Å². The number of anilines is 1. The predicted octanol–water partition coefficient (Wildman–Crippen LogP) is 5.95. The molecule has 0 bridgehead atoms. The quantitative estimate of drug-likeness (QED) is 0.512. The van der Waals surface area contributed by atoms with Gasteiger partial charge in [0.25, 0.3) is 11.1 Å². The number of halogens is 1. The first-order valence-corrected chi connectivity index (χ1v) is 9.89. The van der Waals surface area contributed by atoms with Crippen molar-refractivity contribution in [1.82, 2.24) is 4.57 Å². The molecule has 2 amide bonds. The van der Waals surface area contributed by atoms with Crippen molar-refractivity contribution < 1.29 is 9.59 Å². The molecular weight excluding hydrogens is 380 g/mol. The molecule has 3 aromatic rings. The summed E-state index contributed by atoms with van der Waals surface area (Å²) in [6, 6.07) is 14.8. The van der Waals surface area contributed by atoms with Crippen LogP contribution in [-0.2, 0) is 11.3 Å². The zero-order valence-corrected chi connectivity index (χ0v) is 16.3. The van der Waals surface area contributed by atoms with Gasteiger partial charge in [-0.1, -0.05) is 36.7 Å². The molecule has 1 aliphatic heterocycles. The summed E-state index contributed by atoms with van der Waals surface area (Å²) in [5.41, 5.74) is 2.60. The standard InChI is InChI=1S/C21H17ClN2O2S/c1-2-11-23-13-14(17-5-3-4-6-18(17)23)12-19-20(25)24(21(26)27-19)16-9-7-15(22)8-10-16/h3-10,12-13H,2,11H2,1H3/b19-12+. The van der Waals surface area contributed by atoms with Crippen LogP contribution in [0, 0.1) is 0 Å². The molecule has 0 unspecified atom stereocenters. The number of thioether (sulfide) groups is 1. The number of imide groups is 1. The second kappa shape index (κ2) is 7.25. The molecule has 0 spiro atoms. The lowest BCUT2D eigenvalue weighted by Crippen LogP contribution is -2.27. The van der Waals surface area contributed by atoms with Gasteiger partial charge in [-0.25, -0.2) is 4.90 Å². The monoisotopic (exact) mass is 396 g/mol. The third-order valence-corrected chi connectivity index (χ3v) is 5.57. The Hall–Kier alpha value is -2.50. The average Bonchev–Trinajstić information content (AvgIpc) is 3.14. The summed E-state index contributed by atoms with van der Waals surface area (Å²) in [5.74, 6) is -0.306. The minimum absolute atomic E-state index is 0.300. The number of nitrogens with zero attached hydrogens (tertiary/aromatic N) is 2. The van der Waals surface area contributed by atoms with Crippen LogP contribution in [0.25, 0.3) is 17.0 Å². The summed E-state index contributed by atoms with van der Waals surface area (Å²) in [6.07, 6.45) is 4.88. The van der Waals surface area contributed by atoms with Gasteiger partial charge >= 0.3 is 0 Å². The molecule has 6 heteroatoms. The first-order valence-electron chi connectivity index (χ1n) is 8.70. The van der Waals surface area contributed by atoms with Crippen LogP contribution in [0.1, 0.15) is 18.9 Å². The maximum Gasteiger partial charge on any atom is 0.298 e. The van der Waals surface area contributed by atoms with Gasteiger partial charge in [0.2, 0.25) is 0 Å². The maximum atomic E-state index is 12.9. The number of carbonyl (C=O) groups excluding carboxylic acids is 2. The van der Waals surface area contributed by atoms with Gasteiger partial charge in [-0.2, -0.15) is 0 Å². The number of fused-ring (bicyclic) bond motifs is 1. The van der Waals surface area contributed by atoms with Gasteiger partial charge in [0, 0.05) is 34.2 Å². The highest BCUT2D eigenvalue weighted by atomic mass is 35.5. The number of para-hydroxylation sites is 1. The second-order valence-corrected chi connectivity index (χ2v) is 7.72. The third kappa shape index (κ3) is 3.29. The molecule has 4 nitrogen and oxygen atoms in total. The third-order valence-electron chi connectivity index (χ3n) is 4.45. The fraction of sp³-hybridized carbons (Fsp3) is 0.143. The molecule has 0 saturated carbocycles. The summed E-state index contributed by atoms with van der Waals surface area (Å²) < 4.78 is 2.19. The summed E-state index contributed by atoms with van der Waals surface area (Å²) in [5, 5.41) is 1.33. The average molecular weight is 397 g/mol. The van der Waals surface area contributed by atoms with Crippen LogP contribution in [-0.4, -0.2) is 15.7 Å². The number of aryl methyl sites for hydroxylation is 1. The van der Waals surface area contributed by atoms with Gasteiger partial charge in [-0.15, -0.1) is 0 Å². The highest BCUT2D eigenvalue weighted by Crippen LogP contribution is 2.37. The zero-order valence-electron chi connectivity index (χ0n) is 14.7. The van der Waals surface area contributed by atoms with Crippen molar-refractivity contribution in [2.75, 3.05) is 4.90 Å². The molecule has 2 aromatic carbocycles. The van der Waals surface area contributed by atoms with Crippen molar-refractivity contribution in [2.45, 2.75) is 19.9 Å². The Morgan fingerprint density at radius 2 is 1.81 bits per heavy atom. The predicted molar refractivity (Wildman–Crippen MR) is 112 cm³/mol. The molecule has 0 radical (unpaired) electrons. The Morgan fingerprint density at radius 1 is 1.07 bits per heavy atom. The van der Waals surface area contributed by atoms with Crippen LogP contribution in [0.5, 0.6) is 0 Å². The van der Waals surface area contributed by atoms with Crippen molar-refractivity contribution in [3.05, 3.63) is 70.2 Å². The lowest BCUT2D eigenvalue weighted by atomic mass is 10.1. The Balaban J connectivity index is 1.73. The van der Waals surface area contributed by atoms with Gasteiger partial charge in [0.05, 0.1) is 10.6 Å². The highest BCUT2D eigenvalue weighted by Gasteiger charge is 2.36. The summed E-state index contributed by atoms with van der Waals surface area (Å²) in [6.45, 7) is 3.03. The van der Waals surface area contributed by atoms with E-state index in [2.05, 4.69) is 17.6 Å². The van der Waals surface area contributed by atoms with E-state index in [1.807, 2.05) is 30.5 Å². The van der Waals surface area contributed by atoms with E-state index in [1.165, 1.54) is 4.90 Å². The SMILES string of the molecule is CCCn1cc(/C=C2/SC(=O)N(c3ccc(Cl)cc3)C2=O)c2ccccc21. The Bertz CT molecular complexity index is 1070. The van der Waals surface area contributed by atoms with Gasteiger partial charge < -0.3 is 4.57 Å². The van der Waals surface area contributed by atoms with Crippen molar-refractivity contribution in [1.29, 1.82) is 0 Å². The van der Waals surface area contributed by atoms with Crippen molar-refractivity contribution in [3.63, 3.8) is 0 Å². The number of amides is 2. The van der Waals surface area contributed by atoms with Gasteiger partial charge in [-0.3, -0.25) is 9.59 Å². The van der Waals surface area contributed by atoms with E-state index in [4.69, 9.17) is 11.6 Å². The molecule has 4 rings (SSSR count). The fourth-order valence-electron chi connectivity index (χ4n) is 3.24. The van der Waals surface area contributed by atoms with E-state index < -0.39 is 0 Å². The van der Waals surface area contributed by atoms with Crippen LogP contribution in [0.3, 0.4) is 0 Å². The van der Waals surface area contributed by atoms with Gasteiger partial charge in [0.1, 0.15) is 0 Å². The number of hydrogen-bond acceptors (Lipinski definition) is 3.